The normalized spacial score (nSPS) is 17.2. The molecule has 0 aromatic heterocycles. The van der Waals surface area contributed by atoms with E-state index in [0.717, 1.165) is 31.9 Å². The minimum atomic E-state index is -0.319. The van der Waals surface area contributed by atoms with Crippen molar-refractivity contribution in [3.05, 3.63) is 59.4 Å². The Kier molecular flexibility index (Phi) is 9.61. The zero-order valence-corrected chi connectivity index (χ0v) is 21.7. The first-order valence-electron chi connectivity index (χ1n) is 11.4. The molecule has 0 bridgehead atoms. The lowest BCUT2D eigenvalue weighted by atomic mass is 10.1. The molecule has 2 aliphatic rings. The van der Waals surface area contributed by atoms with E-state index in [9.17, 15) is 4.39 Å². The number of halogens is 2. The van der Waals surface area contributed by atoms with Gasteiger partial charge in [-0.25, -0.2) is 4.39 Å². The Hall–Kier alpha value is -2.07. The monoisotopic (exact) mass is 568 g/mol. The molecule has 2 aromatic rings. The second-order valence-corrected chi connectivity index (χ2v) is 8.50. The average Bonchev–Trinajstić information content (AvgIpc) is 3.66. The Morgan fingerprint density at radius 1 is 1.18 bits per heavy atom. The van der Waals surface area contributed by atoms with E-state index in [4.69, 9.17) is 9.47 Å². The fraction of sp³-hybridized carbons (Fsp3) is 0.480. The zero-order chi connectivity index (χ0) is 22.3. The summed E-state index contributed by atoms with van der Waals surface area (Å²) < 4.78 is 25.4. The maximum absolute atomic E-state index is 14.4. The van der Waals surface area contributed by atoms with E-state index >= 15 is 0 Å². The van der Waals surface area contributed by atoms with Gasteiger partial charge in [0.15, 0.2) is 17.5 Å². The molecule has 1 heterocycles. The highest BCUT2D eigenvalue weighted by Gasteiger charge is 2.22. The third-order valence-electron chi connectivity index (χ3n) is 5.98. The van der Waals surface area contributed by atoms with Crippen LogP contribution < -0.4 is 20.3 Å². The zero-order valence-electron chi connectivity index (χ0n) is 19.4. The van der Waals surface area contributed by atoms with E-state index in [2.05, 4.69) is 44.8 Å². The van der Waals surface area contributed by atoms with Crippen LogP contribution in [0, 0.1) is 11.7 Å². The largest absolute Gasteiger partial charge is 0.490 e. The second-order valence-electron chi connectivity index (χ2n) is 8.50. The fourth-order valence-electron chi connectivity index (χ4n) is 3.71. The van der Waals surface area contributed by atoms with Crippen molar-refractivity contribution in [2.75, 3.05) is 44.9 Å². The standard InChI is InChI=1S/C25H33FN4O2.HI/c1-18(21-7-10-24(23(26)15-21)32-17-20-3-4-20)29-25(27-2)28-16-19-5-8-22(9-6-19)30-11-13-31-14-12-30;/h5-10,15,18,20H,3-4,11-14,16-17H2,1-2H3,(H2,27,28,29);1H. The number of hydrogen-bond acceptors (Lipinski definition) is 4. The number of benzene rings is 2. The van der Waals surface area contributed by atoms with E-state index in [0.29, 0.717) is 30.8 Å². The van der Waals surface area contributed by atoms with Gasteiger partial charge in [-0.3, -0.25) is 4.99 Å². The lowest BCUT2D eigenvalue weighted by Crippen LogP contribution is -2.38. The van der Waals surface area contributed by atoms with Gasteiger partial charge in [-0.05, 0) is 61.1 Å². The summed E-state index contributed by atoms with van der Waals surface area (Å²) >= 11 is 0. The molecule has 1 saturated heterocycles. The van der Waals surface area contributed by atoms with Gasteiger partial charge in [-0.2, -0.15) is 0 Å². The van der Waals surface area contributed by atoms with Crippen LogP contribution in [0.2, 0.25) is 0 Å². The summed E-state index contributed by atoms with van der Waals surface area (Å²) in [7, 11) is 1.74. The molecule has 2 aromatic carbocycles. The molecule has 2 fully saturated rings. The van der Waals surface area contributed by atoms with Crippen molar-refractivity contribution in [1.29, 1.82) is 0 Å². The Balaban J connectivity index is 0.00000306. The van der Waals surface area contributed by atoms with Gasteiger partial charge in [-0.1, -0.05) is 18.2 Å². The summed E-state index contributed by atoms with van der Waals surface area (Å²) in [5.41, 5.74) is 3.24. The highest BCUT2D eigenvalue weighted by Crippen LogP contribution is 2.30. The first-order valence-corrected chi connectivity index (χ1v) is 11.4. The van der Waals surface area contributed by atoms with Crippen LogP contribution in [0.15, 0.2) is 47.5 Å². The van der Waals surface area contributed by atoms with Gasteiger partial charge < -0.3 is 25.0 Å². The Bertz CT molecular complexity index is 915. The summed E-state index contributed by atoms with van der Waals surface area (Å²) in [6.45, 7) is 6.67. The third-order valence-corrected chi connectivity index (χ3v) is 5.98. The van der Waals surface area contributed by atoms with Crippen molar-refractivity contribution in [1.82, 2.24) is 10.6 Å². The molecule has 1 aliphatic carbocycles. The van der Waals surface area contributed by atoms with Crippen molar-refractivity contribution in [2.45, 2.75) is 32.4 Å². The van der Waals surface area contributed by atoms with Crippen LogP contribution in [0.25, 0.3) is 0 Å². The van der Waals surface area contributed by atoms with Crippen LogP contribution in [0.1, 0.15) is 36.9 Å². The first-order chi connectivity index (χ1) is 15.6. The van der Waals surface area contributed by atoms with Crippen LogP contribution in [0.5, 0.6) is 5.75 Å². The lowest BCUT2D eigenvalue weighted by Gasteiger charge is -2.29. The highest BCUT2D eigenvalue weighted by molar-refractivity contribution is 14.0. The Morgan fingerprint density at radius 3 is 2.55 bits per heavy atom. The summed E-state index contributed by atoms with van der Waals surface area (Å²) in [5, 5.41) is 6.67. The number of guanidine groups is 1. The van der Waals surface area contributed by atoms with Crippen molar-refractivity contribution in [2.24, 2.45) is 10.9 Å². The molecule has 4 rings (SSSR count). The Morgan fingerprint density at radius 2 is 1.91 bits per heavy atom. The summed E-state index contributed by atoms with van der Waals surface area (Å²) in [6, 6.07) is 13.6. The van der Waals surface area contributed by atoms with Gasteiger partial charge in [0.05, 0.1) is 25.9 Å². The lowest BCUT2D eigenvalue weighted by molar-refractivity contribution is 0.122. The number of aliphatic imine (C=N–C) groups is 1. The number of morpholine rings is 1. The molecule has 1 atom stereocenters. The molecule has 6 nitrogen and oxygen atoms in total. The Labute approximate surface area is 213 Å². The number of ether oxygens (including phenoxy) is 2. The highest BCUT2D eigenvalue weighted by atomic mass is 127. The number of nitrogens with one attached hydrogen (secondary N) is 2. The summed E-state index contributed by atoms with van der Waals surface area (Å²) in [4.78, 5) is 6.65. The molecule has 8 heteroatoms. The molecule has 180 valence electrons. The van der Waals surface area contributed by atoms with Gasteiger partial charge >= 0.3 is 0 Å². The molecule has 1 aliphatic heterocycles. The molecule has 1 saturated carbocycles. The SMILES string of the molecule is CN=C(NCc1ccc(N2CCOCC2)cc1)NC(C)c1ccc(OCC2CC2)c(F)c1.I. The van der Waals surface area contributed by atoms with Gasteiger partial charge in [0.1, 0.15) is 0 Å². The smallest absolute Gasteiger partial charge is 0.191 e. The topological polar surface area (TPSA) is 58.1 Å². The maximum Gasteiger partial charge on any atom is 0.191 e. The summed E-state index contributed by atoms with van der Waals surface area (Å²) in [5.74, 6) is 1.28. The average molecular weight is 568 g/mol. The van der Waals surface area contributed by atoms with Gasteiger partial charge in [0, 0.05) is 32.4 Å². The van der Waals surface area contributed by atoms with E-state index in [1.54, 1.807) is 13.1 Å². The third kappa shape index (κ3) is 7.46. The molecule has 0 spiro atoms. The van der Waals surface area contributed by atoms with E-state index in [-0.39, 0.29) is 35.8 Å². The number of anilines is 1. The second kappa shape index (κ2) is 12.4. The maximum atomic E-state index is 14.4. The minimum absolute atomic E-state index is 0. The fourth-order valence-corrected chi connectivity index (χ4v) is 3.71. The van der Waals surface area contributed by atoms with Crippen molar-refractivity contribution in [3.8, 4) is 5.75 Å². The number of hydrogen-bond donors (Lipinski definition) is 2. The van der Waals surface area contributed by atoms with Crippen molar-refractivity contribution in [3.63, 3.8) is 0 Å². The van der Waals surface area contributed by atoms with Gasteiger partial charge in [0.25, 0.3) is 0 Å². The van der Waals surface area contributed by atoms with E-state index in [1.165, 1.54) is 30.2 Å². The molecule has 0 radical (unpaired) electrons. The van der Waals surface area contributed by atoms with Crippen LogP contribution in [0.3, 0.4) is 0 Å². The predicted molar refractivity (Wildman–Crippen MR) is 141 cm³/mol. The van der Waals surface area contributed by atoms with Crippen LogP contribution in [-0.2, 0) is 11.3 Å². The number of nitrogens with zero attached hydrogens (tertiary/aromatic N) is 2. The van der Waals surface area contributed by atoms with Crippen molar-refractivity contribution >= 4 is 35.6 Å². The molecule has 0 amide bonds. The quantitative estimate of drug-likeness (QED) is 0.279. The van der Waals surface area contributed by atoms with Crippen LogP contribution in [-0.4, -0.2) is 45.9 Å². The van der Waals surface area contributed by atoms with E-state index in [1.807, 2.05) is 13.0 Å². The molecular weight excluding hydrogens is 534 g/mol. The van der Waals surface area contributed by atoms with Crippen LogP contribution in [0.4, 0.5) is 10.1 Å². The molecule has 1 unspecified atom stereocenters. The molecule has 2 N–H and O–H groups in total. The molecular formula is C25H34FIN4O2. The first kappa shape index (κ1) is 25.6. The molecule has 33 heavy (non-hydrogen) atoms. The van der Waals surface area contributed by atoms with Crippen LogP contribution >= 0.6 is 24.0 Å². The van der Waals surface area contributed by atoms with Crippen molar-refractivity contribution < 1.29 is 13.9 Å². The predicted octanol–water partition coefficient (Wildman–Crippen LogP) is 4.50. The van der Waals surface area contributed by atoms with Gasteiger partial charge in [-0.15, -0.1) is 24.0 Å². The summed E-state index contributed by atoms with van der Waals surface area (Å²) in [6.07, 6.45) is 2.37. The minimum Gasteiger partial charge on any atom is -0.490 e. The van der Waals surface area contributed by atoms with E-state index < -0.39 is 0 Å². The van der Waals surface area contributed by atoms with Gasteiger partial charge in [0.2, 0.25) is 0 Å². The number of rotatable bonds is 8.